The van der Waals surface area contributed by atoms with Crippen LogP contribution in [0.3, 0.4) is 0 Å². The van der Waals surface area contributed by atoms with Gasteiger partial charge < -0.3 is 29.0 Å². The van der Waals surface area contributed by atoms with Crippen molar-refractivity contribution in [2.75, 3.05) is 40.1 Å². The summed E-state index contributed by atoms with van der Waals surface area (Å²) in [7, 11) is 1.50. The number of rotatable bonds is 10. The summed E-state index contributed by atoms with van der Waals surface area (Å²) in [4.78, 5) is 24.4. The minimum atomic E-state index is -0.610. The molecule has 0 aromatic heterocycles. The number of esters is 1. The van der Waals surface area contributed by atoms with Crippen LogP contribution < -0.4 is 24.3 Å². The Labute approximate surface area is 187 Å². The van der Waals surface area contributed by atoms with Gasteiger partial charge in [-0.2, -0.15) is 0 Å². The summed E-state index contributed by atoms with van der Waals surface area (Å²) in [6.45, 7) is 5.73. The second kappa shape index (κ2) is 11.3. The molecule has 1 heterocycles. The van der Waals surface area contributed by atoms with E-state index in [4.69, 9.17) is 23.7 Å². The number of hydrogen-bond donors (Lipinski definition) is 1. The van der Waals surface area contributed by atoms with E-state index in [2.05, 4.69) is 5.32 Å². The summed E-state index contributed by atoms with van der Waals surface area (Å²) in [5.74, 6) is 1.80. The van der Waals surface area contributed by atoms with Crippen LogP contribution in [0, 0.1) is 5.92 Å². The topological polar surface area (TPSA) is 92.3 Å². The number of carbonyl (C=O) groups is 2. The number of benzene rings is 2. The summed E-state index contributed by atoms with van der Waals surface area (Å²) < 4.78 is 27.1. The van der Waals surface area contributed by atoms with Gasteiger partial charge in [-0.25, -0.2) is 4.79 Å². The molecular formula is C24H29NO7. The molecule has 0 radical (unpaired) electrons. The lowest BCUT2D eigenvalue weighted by atomic mass is 10.1. The van der Waals surface area contributed by atoms with E-state index < -0.39 is 5.97 Å². The van der Waals surface area contributed by atoms with Gasteiger partial charge in [-0.3, -0.25) is 4.79 Å². The first kappa shape index (κ1) is 23.2. The molecular weight excluding hydrogens is 414 g/mol. The molecule has 1 aliphatic heterocycles. The van der Waals surface area contributed by atoms with E-state index in [1.54, 1.807) is 12.1 Å². The summed E-state index contributed by atoms with van der Waals surface area (Å²) in [6, 6.07) is 10.5. The molecule has 0 bridgehead atoms. The van der Waals surface area contributed by atoms with Crippen molar-refractivity contribution in [2.45, 2.75) is 20.3 Å². The molecule has 8 nitrogen and oxygen atoms in total. The van der Waals surface area contributed by atoms with Gasteiger partial charge >= 0.3 is 5.97 Å². The van der Waals surface area contributed by atoms with Gasteiger partial charge in [0.05, 0.1) is 19.3 Å². The first-order chi connectivity index (χ1) is 15.5. The zero-order valence-corrected chi connectivity index (χ0v) is 18.6. The van der Waals surface area contributed by atoms with Gasteiger partial charge in [-0.05, 0) is 48.2 Å². The largest absolute Gasteiger partial charge is 0.493 e. The molecule has 2 aromatic carbocycles. The fourth-order valence-electron chi connectivity index (χ4n) is 3.03. The third kappa shape index (κ3) is 6.54. The van der Waals surface area contributed by atoms with Crippen molar-refractivity contribution in [3.63, 3.8) is 0 Å². The lowest BCUT2D eigenvalue weighted by molar-refractivity contribution is -0.124. The van der Waals surface area contributed by atoms with Gasteiger partial charge in [0.15, 0.2) is 29.6 Å². The van der Waals surface area contributed by atoms with Crippen LogP contribution in [-0.4, -0.2) is 52.0 Å². The van der Waals surface area contributed by atoms with Crippen molar-refractivity contribution in [2.24, 2.45) is 5.92 Å². The van der Waals surface area contributed by atoms with Crippen molar-refractivity contribution < 1.29 is 33.3 Å². The number of amides is 1. The molecule has 1 N–H and O–H groups in total. The van der Waals surface area contributed by atoms with Gasteiger partial charge in [0.1, 0.15) is 13.2 Å². The predicted octanol–water partition coefficient (Wildman–Crippen LogP) is 3.02. The quantitative estimate of drug-likeness (QED) is 0.564. The minimum absolute atomic E-state index is 0.280. The fourth-order valence-corrected chi connectivity index (χ4v) is 3.03. The molecule has 3 rings (SSSR count). The Morgan fingerprint density at radius 3 is 2.56 bits per heavy atom. The molecule has 1 aliphatic rings. The molecule has 172 valence electrons. The van der Waals surface area contributed by atoms with E-state index in [0.29, 0.717) is 56.0 Å². The van der Waals surface area contributed by atoms with Gasteiger partial charge in [-0.15, -0.1) is 0 Å². The number of carbonyl (C=O) groups excluding carboxylic acids is 2. The highest BCUT2D eigenvalue weighted by Crippen LogP contribution is 2.31. The van der Waals surface area contributed by atoms with Gasteiger partial charge in [0.25, 0.3) is 5.91 Å². The predicted molar refractivity (Wildman–Crippen MR) is 118 cm³/mol. The number of ether oxygens (including phenoxy) is 5. The highest BCUT2D eigenvalue weighted by molar-refractivity contribution is 5.92. The van der Waals surface area contributed by atoms with Crippen molar-refractivity contribution >= 4 is 11.9 Å². The molecule has 32 heavy (non-hydrogen) atoms. The van der Waals surface area contributed by atoms with Gasteiger partial charge in [0.2, 0.25) is 0 Å². The third-order valence-electron chi connectivity index (χ3n) is 4.65. The van der Waals surface area contributed by atoms with Crippen LogP contribution in [0.15, 0.2) is 36.4 Å². The Morgan fingerprint density at radius 2 is 1.81 bits per heavy atom. The number of fused-ring (bicyclic) bond motifs is 1. The van der Waals surface area contributed by atoms with Crippen molar-refractivity contribution in [3.8, 4) is 23.0 Å². The maximum atomic E-state index is 12.3. The first-order valence-corrected chi connectivity index (χ1v) is 10.6. The first-order valence-electron chi connectivity index (χ1n) is 10.6. The van der Waals surface area contributed by atoms with Crippen molar-refractivity contribution in [1.29, 1.82) is 0 Å². The normalized spacial score (nSPS) is 12.2. The van der Waals surface area contributed by atoms with E-state index in [0.717, 1.165) is 11.3 Å². The summed E-state index contributed by atoms with van der Waals surface area (Å²) in [6.07, 6.45) is 0.616. The van der Waals surface area contributed by atoms with Gasteiger partial charge in [0, 0.05) is 6.54 Å². The number of hydrogen-bond acceptors (Lipinski definition) is 7. The Balaban J connectivity index is 1.43. The Bertz CT molecular complexity index is 942. The summed E-state index contributed by atoms with van der Waals surface area (Å²) in [5, 5.41) is 2.74. The monoisotopic (exact) mass is 443 g/mol. The van der Waals surface area contributed by atoms with Crippen LogP contribution >= 0.6 is 0 Å². The lowest BCUT2D eigenvalue weighted by Gasteiger charge is -2.18. The summed E-state index contributed by atoms with van der Waals surface area (Å²) >= 11 is 0. The molecule has 0 aliphatic carbocycles. The Hall–Kier alpha value is -3.42. The average molecular weight is 443 g/mol. The highest BCUT2D eigenvalue weighted by atomic mass is 16.6. The Kier molecular flexibility index (Phi) is 8.19. The molecule has 8 heteroatoms. The SMILES string of the molecule is COc1cc(C(=O)OCC(=O)NCCc2ccc3c(c2)OCCO3)ccc1OCC(C)C. The van der Waals surface area contributed by atoms with Crippen molar-refractivity contribution in [3.05, 3.63) is 47.5 Å². The molecule has 0 fully saturated rings. The van der Waals surface area contributed by atoms with Crippen LogP contribution in [0.25, 0.3) is 0 Å². The molecule has 1 amide bonds. The smallest absolute Gasteiger partial charge is 0.338 e. The average Bonchev–Trinajstić information content (AvgIpc) is 2.81. The fraction of sp³-hybridized carbons (Fsp3) is 0.417. The molecule has 2 aromatic rings. The zero-order valence-electron chi connectivity index (χ0n) is 18.6. The zero-order chi connectivity index (χ0) is 22.9. The third-order valence-corrected chi connectivity index (χ3v) is 4.65. The van der Waals surface area contributed by atoms with Crippen LogP contribution in [0.1, 0.15) is 29.8 Å². The van der Waals surface area contributed by atoms with E-state index in [1.165, 1.54) is 13.2 Å². The maximum absolute atomic E-state index is 12.3. The van der Waals surface area contributed by atoms with Crippen LogP contribution in [0.4, 0.5) is 0 Å². The van der Waals surface area contributed by atoms with E-state index in [9.17, 15) is 9.59 Å². The van der Waals surface area contributed by atoms with Gasteiger partial charge in [-0.1, -0.05) is 19.9 Å². The second-order valence-electron chi connectivity index (χ2n) is 7.72. The van der Waals surface area contributed by atoms with Crippen LogP contribution in [0.5, 0.6) is 23.0 Å². The van der Waals surface area contributed by atoms with Crippen molar-refractivity contribution in [1.82, 2.24) is 5.32 Å². The lowest BCUT2D eigenvalue weighted by Crippen LogP contribution is -2.30. The second-order valence-corrected chi connectivity index (χ2v) is 7.72. The maximum Gasteiger partial charge on any atom is 0.338 e. The number of nitrogens with one attached hydrogen (secondary N) is 1. The Morgan fingerprint density at radius 1 is 1.03 bits per heavy atom. The van der Waals surface area contributed by atoms with E-state index >= 15 is 0 Å². The van der Waals surface area contributed by atoms with E-state index in [-0.39, 0.29) is 18.1 Å². The molecule has 0 atom stereocenters. The standard InChI is InChI=1S/C24H29NO7/c1-16(2)14-31-19-7-5-18(13-21(19)28-3)24(27)32-15-23(26)25-9-8-17-4-6-20-22(12-17)30-11-10-29-20/h4-7,12-13,16H,8-11,14-15H2,1-3H3,(H,25,26). The minimum Gasteiger partial charge on any atom is -0.493 e. The molecule has 0 saturated carbocycles. The molecule has 0 unspecified atom stereocenters. The molecule has 0 saturated heterocycles. The van der Waals surface area contributed by atoms with Crippen LogP contribution in [0.2, 0.25) is 0 Å². The number of methoxy groups -OCH3 is 1. The van der Waals surface area contributed by atoms with Crippen LogP contribution in [-0.2, 0) is 16.0 Å². The summed E-state index contributed by atoms with van der Waals surface area (Å²) in [5.41, 5.74) is 1.29. The van der Waals surface area contributed by atoms with E-state index in [1.807, 2.05) is 32.0 Å². The highest BCUT2D eigenvalue weighted by Gasteiger charge is 2.15. The molecule has 0 spiro atoms.